The van der Waals surface area contributed by atoms with Gasteiger partial charge in [0.05, 0.1) is 0 Å². The fourth-order valence-corrected chi connectivity index (χ4v) is 2.12. The van der Waals surface area contributed by atoms with E-state index in [-0.39, 0.29) is 0 Å². The summed E-state index contributed by atoms with van der Waals surface area (Å²) in [5.41, 5.74) is 0. The average Bonchev–Trinajstić information content (AvgIpc) is 1.76. The van der Waals surface area contributed by atoms with Gasteiger partial charge < -0.3 is 0 Å². The van der Waals surface area contributed by atoms with Crippen LogP contribution in [0.3, 0.4) is 0 Å². The highest BCUT2D eigenvalue weighted by Gasteiger charge is 1.74. The Morgan fingerprint density at radius 2 is 2.60 bits per heavy atom. The monoisotopic (exact) mass is 102 g/mol. The van der Waals surface area contributed by atoms with Gasteiger partial charge in [-0.1, -0.05) is 13.9 Å². The Bertz CT molecular complexity index is 63.0. The molecule has 0 aromatic heterocycles. The van der Waals surface area contributed by atoms with Gasteiger partial charge in [-0.2, -0.15) is 0 Å². The van der Waals surface area contributed by atoms with E-state index in [4.69, 9.17) is 0 Å². The Morgan fingerprint density at radius 1 is 1.60 bits per heavy atom. The number of rotatable bonds is 0. The highest BCUT2D eigenvalue weighted by Crippen LogP contribution is 2.22. The van der Waals surface area contributed by atoms with Crippen molar-refractivity contribution in [3.05, 3.63) is 11.9 Å². The molecular formula is C3H4P2. The van der Waals surface area contributed by atoms with Crippen LogP contribution >= 0.6 is 15.7 Å². The maximum Gasteiger partial charge on any atom is 0.0124 e. The third-order valence-electron chi connectivity index (χ3n) is 0.441. The van der Waals surface area contributed by atoms with Crippen LogP contribution in [0, 0.1) is 0 Å². The molecule has 0 atom stereocenters. The van der Waals surface area contributed by atoms with Crippen molar-refractivity contribution in [3.63, 3.8) is 0 Å². The summed E-state index contributed by atoms with van der Waals surface area (Å²) >= 11 is 0. The summed E-state index contributed by atoms with van der Waals surface area (Å²) in [7, 11) is 3.04. The molecule has 0 radical (unpaired) electrons. The van der Waals surface area contributed by atoms with Gasteiger partial charge in [-0.05, 0) is 13.7 Å². The smallest absolute Gasteiger partial charge is 0.0124 e. The molecule has 0 fully saturated rings. The zero-order chi connectivity index (χ0) is 3.54. The first-order valence-corrected chi connectivity index (χ1v) is 4.26. The van der Waals surface area contributed by atoms with Crippen LogP contribution in [-0.4, -0.2) is 6.16 Å². The maximum atomic E-state index is 2.21. The van der Waals surface area contributed by atoms with E-state index in [1.807, 2.05) is 0 Å². The molecule has 0 aromatic carbocycles. The lowest BCUT2D eigenvalue weighted by Crippen LogP contribution is -1.43. The van der Waals surface area contributed by atoms with Crippen LogP contribution in [0.1, 0.15) is 0 Å². The standard InChI is InChI=1S/C3H4P2/c1-2-4-5-3-1/h1-2H,3H2. The molecule has 1 aliphatic heterocycles. The van der Waals surface area contributed by atoms with E-state index < -0.39 is 0 Å². The van der Waals surface area contributed by atoms with Gasteiger partial charge in [-0.25, -0.2) is 0 Å². The van der Waals surface area contributed by atoms with Gasteiger partial charge in [-0.15, -0.1) is 0 Å². The van der Waals surface area contributed by atoms with Gasteiger partial charge in [0.2, 0.25) is 0 Å². The van der Waals surface area contributed by atoms with Crippen molar-refractivity contribution in [3.8, 4) is 0 Å². The van der Waals surface area contributed by atoms with E-state index in [9.17, 15) is 0 Å². The molecule has 2 heteroatoms. The predicted octanol–water partition coefficient (Wildman–Crippen LogP) is 2.32. The fourth-order valence-electron chi connectivity index (χ4n) is 0.236. The van der Waals surface area contributed by atoms with Crippen LogP contribution in [0.2, 0.25) is 0 Å². The number of allylic oxidation sites excluding steroid dienone is 1. The van der Waals surface area contributed by atoms with E-state index in [2.05, 4.69) is 11.9 Å². The number of hydrogen-bond donors (Lipinski definition) is 0. The molecule has 0 aromatic rings. The van der Waals surface area contributed by atoms with E-state index in [0.29, 0.717) is 0 Å². The molecule has 0 bridgehead atoms. The summed E-state index contributed by atoms with van der Waals surface area (Å²) in [4.78, 5) is 0. The van der Waals surface area contributed by atoms with Crippen molar-refractivity contribution in [2.75, 3.05) is 6.16 Å². The van der Waals surface area contributed by atoms with Gasteiger partial charge in [0, 0.05) is 6.16 Å². The lowest BCUT2D eigenvalue weighted by Gasteiger charge is -1.55. The highest BCUT2D eigenvalue weighted by atomic mass is 31.7. The molecule has 0 spiro atoms. The molecule has 0 aliphatic carbocycles. The molecule has 0 nitrogen and oxygen atoms in total. The molecule has 0 amide bonds. The van der Waals surface area contributed by atoms with Crippen LogP contribution in [-0.2, 0) is 0 Å². The zero-order valence-electron chi connectivity index (χ0n) is 2.76. The molecule has 0 unspecified atom stereocenters. The second-order valence-corrected chi connectivity index (χ2v) is 3.54. The fraction of sp³-hybridized carbons (Fsp3) is 0.333. The third kappa shape index (κ3) is 0.833. The van der Waals surface area contributed by atoms with Gasteiger partial charge in [0.25, 0.3) is 0 Å². The Hall–Kier alpha value is 0.340. The topological polar surface area (TPSA) is 0 Å². The lowest BCUT2D eigenvalue weighted by atomic mass is 10.8. The largest absolute Gasteiger partial charge is 0.0710 e. The lowest BCUT2D eigenvalue weighted by molar-refractivity contribution is 1.83. The molecule has 0 saturated heterocycles. The molecule has 1 rings (SSSR count). The van der Waals surface area contributed by atoms with Gasteiger partial charge >= 0.3 is 0 Å². The normalized spacial score (nSPS) is 24.0. The minimum absolute atomic E-state index is 1.28. The Labute approximate surface area is 34.7 Å². The second-order valence-electron chi connectivity index (χ2n) is 0.824. The maximum absolute atomic E-state index is 2.21. The van der Waals surface area contributed by atoms with Gasteiger partial charge in [-0.3, -0.25) is 0 Å². The van der Waals surface area contributed by atoms with E-state index >= 15 is 0 Å². The third-order valence-corrected chi connectivity index (χ3v) is 2.70. The summed E-state index contributed by atoms with van der Waals surface area (Å²) in [6, 6.07) is 0. The van der Waals surface area contributed by atoms with Crippen molar-refractivity contribution < 1.29 is 0 Å². The van der Waals surface area contributed by atoms with Gasteiger partial charge in [0.15, 0.2) is 0 Å². The number of hydrogen-bond acceptors (Lipinski definition) is 0. The van der Waals surface area contributed by atoms with Crippen LogP contribution in [0.15, 0.2) is 11.9 Å². The average molecular weight is 102 g/mol. The van der Waals surface area contributed by atoms with E-state index in [0.717, 1.165) is 0 Å². The Kier molecular flexibility index (Phi) is 1.20. The minimum atomic E-state index is 1.28. The van der Waals surface area contributed by atoms with Crippen molar-refractivity contribution in [2.24, 2.45) is 0 Å². The van der Waals surface area contributed by atoms with Crippen LogP contribution < -0.4 is 0 Å². The van der Waals surface area contributed by atoms with Gasteiger partial charge in [0.1, 0.15) is 0 Å². The molecule has 0 N–H and O–H groups in total. The molecule has 5 heavy (non-hydrogen) atoms. The molecule has 0 saturated carbocycles. The predicted molar refractivity (Wildman–Crippen MR) is 27.8 cm³/mol. The summed E-state index contributed by atoms with van der Waals surface area (Å²) in [6.07, 6.45) is 3.49. The summed E-state index contributed by atoms with van der Waals surface area (Å²) in [5.74, 6) is 2.20. The van der Waals surface area contributed by atoms with Crippen molar-refractivity contribution in [2.45, 2.75) is 0 Å². The second kappa shape index (κ2) is 1.70. The minimum Gasteiger partial charge on any atom is -0.0710 e. The Balaban J connectivity index is 2.61. The first kappa shape index (κ1) is 3.53. The van der Waals surface area contributed by atoms with Crippen molar-refractivity contribution >= 4 is 15.7 Å². The molecule has 1 heterocycles. The van der Waals surface area contributed by atoms with Crippen LogP contribution in [0.25, 0.3) is 0 Å². The van der Waals surface area contributed by atoms with Crippen molar-refractivity contribution in [1.82, 2.24) is 0 Å². The zero-order valence-corrected chi connectivity index (χ0v) is 4.55. The van der Waals surface area contributed by atoms with E-state index in [1.165, 1.54) is 14.0 Å². The van der Waals surface area contributed by atoms with Crippen LogP contribution in [0.4, 0.5) is 0 Å². The molecular weight excluding hydrogens is 98.0 g/mol. The summed E-state index contributed by atoms with van der Waals surface area (Å²) in [6.45, 7) is 0. The first-order valence-electron chi connectivity index (χ1n) is 1.52. The SMILES string of the molecule is C1=CP=PC1. The Morgan fingerprint density at radius 3 is 2.80 bits per heavy atom. The van der Waals surface area contributed by atoms with Crippen molar-refractivity contribution in [1.29, 1.82) is 0 Å². The molecule has 26 valence electrons. The van der Waals surface area contributed by atoms with E-state index in [1.54, 1.807) is 7.87 Å². The first-order chi connectivity index (χ1) is 2.50. The quantitative estimate of drug-likeness (QED) is 0.411. The summed E-state index contributed by atoms with van der Waals surface area (Å²) < 4.78 is 0. The molecule has 1 aliphatic rings. The highest BCUT2D eigenvalue weighted by molar-refractivity contribution is 7.86. The van der Waals surface area contributed by atoms with Crippen LogP contribution in [0.5, 0.6) is 0 Å². The summed E-state index contributed by atoms with van der Waals surface area (Å²) in [5, 5.41) is 0.